The molecule has 0 aromatic rings. The first-order chi connectivity index (χ1) is 8.17. The summed E-state index contributed by atoms with van der Waals surface area (Å²) in [5.74, 6) is 0.657. The molecule has 0 bridgehead atoms. The quantitative estimate of drug-likeness (QED) is 0.544. The van der Waals surface area contributed by atoms with E-state index in [1.807, 2.05) is 6.92 Å². The Morgan fingerprint density at radius 1 is 1.24 bits per heavy atom. The number of aliphatic hydroxyl groups is 1. The zero-order chi connectivity index (χ0) is 13.1. The Hall–Kier alpha value is -0.610. The van der Waals surface area contributed by atoms with E-state index in [0.717, 1.165) is 25.7 Å². The summed E-state index contributed by atoms with van der Waals surface area (Å²) in [6, 6.07) is 0.113. The van der Waals surface area contributed by atoms with Crippen LogP contribution in [0.1, 0.15) is 52.4 Å². The molecular formula is C13H28N2O2. The van der Waals surface area contributed by atoms with Crippen molar-refractivity contribution in [3.05, 3.63) is 0 Å². The Morgan fingerprint density at radius 3 is 2.41 bits per heavy atom. The number of nitrogens with two attached hydrogens (primary N) is 1. The van der Waals surface area contributed by atoms with Gasteiger partial charge < -0.3 is 16.2 Å². The highest BCUT2D eigenvalue weighted by atomic mass is 16.3. The summed E-state index contributed by atoms with van der Waals surface area (Å²) in [5.41, 5.74) is 5.52. The molecule has 1 amide bonds. The van der Waals surface area contributed by atoms with E-state index in [-0.39, 0.29) is 18.6 Å². The van der Waals surface area contributed by atoms with Gasteiger partial charge in [-0.3, -0.25) is 4.79 Å². The zero-order valence-corrected chi connectivity index (χ0v) is 11.2. The van der Waals surface area contributed by atoms with Gasteiger partial charge in [0, 0.05) is 19.1 Å². The van der Waals surface area contributed by atoms with Gasteiger partial charge in [-0.2, -0.15) is 0 Å². The lowest BCUT2D eigenvalue weighted by molar-refractivity contribution is -0.122. The molecule has 17 heavy (non-hydrogen) atoms. The van der Waals surface area contributed by atoms with Gasteiger partial charge in [0.1, 0.15) is 0 Å². The lowest BCUT2D eigenvalue weighted by Gasteiger charge is -2.17. The van der Waals surface area contributed by atoms with E-state index in [2.05, 4.69) is 12.2 Å². The van der Waals surface area contributed by atoms with Crippen molar-refractivity contribution < 1.29 is 9.90 Å². The van der Waals surface area contributed by atoms with Crippen molar-refractivity contribution in [2.24, 2.45) is 11.7 Å². The highest BCUT2D eigenvalue weighted by Crippen LogP contribution is 2.14. The fourth-order valence-electron chi connectivity index (χ4n) is 1.96. The number of rotatable bonds is 10. The third-order valence-corrected chi connectivity index (χ3v) is 3.27. The van der Waals surface area contributed by atoms with E-state index >= 15 is 0 Å². The van der Waals surface area contributed by atoms with Crippen LogP contribution in [-0.2, 0) is 4.79 Å². The molecule has 2 atom stereocenters. The smallest absolute Gasteiger partial charge is 0.220 e. The fraction of sp³-hybridized carbons (Fsp3) is 0.923. The molecule has 0 fully saturated rings. The molecule has 0 aromatic heterocycles. The summed E-state index contributed by atoms with van der Waals surface area (Å²) in [7, 11) is 0. The molecule has 0 aromatic carbocycles. The van der Waals surface area contributed by atoms with Gasteiger partial charge >= 0.3 is 0 Å². The highest BCUT2D eigenvalue weighted by Gasteiger charge is 2.12. The molecule has 0 radical (unpaired) electrons. The van der Waals surface area contributed by atoms with Gasteiger partial charge in [0.05, 0.1) is 0 Å². The molecule has 0 saturated carbocycles. The Morgan fingerprint density at radius 2 is 1.94 bits per heavy atom. The van der Waals surface area contributed by atoms with Crippen LogP contribution < -0.4 is 11.1 Å². The van der Waals surface area contributed by atoms with Crippen molar-refractivity contribution in [2.45, 2.75) is 58.4 Å². The number of carbonyl (C=O) groups is 1. The number of aliphatic hydroxyl groups excluding tert-OH is 1. The predicted octanol–water partition coefficient (Wildman–Crippen LogP) is 1.42. The third kappa shape index (κ3) is 8.16. The van der Waals surface area contributed by atoms with Gasteiger partial charge in [-0.25, -0.2) is 0 Å². The van der Waals surface area contributed by atoms with Crippen LogP contribution in [0.4, 0.5) is 0 Å². The lowest BCUT2D eigenvalue weighted by Crippen LogP contribution is -2.35. The molecule has 0 aliphatic heterocycles. The molecule has 4 heteroatoms. The molecule has 4 N–H and O–H groups in total. The van der Waals surface area contributed by atoms with E-state index in [0.29, 0.717) is 25.3 Å². The van der Waals surface area contributed by atoms with Crippen LogP contribution in [0.25, 0.3) is 0 Å². The molecule has 102 valence electrons. The van der Waals surface area contributed by atoms with Crippen LogP contribution in [0.2, 0.25) is 0 Å². The summed E-state index contributed by atoms with van der Waals surface area (Å²) in [4.78, 5) is 11.7. The average Bonchev–Trinajstić information content (AvgIpc) is 2.33. The number of hydrogen-bond acceptors (Lipinski definition) is 3. The minimum absolute atomic E-state index is 0.0979. The third-order valence-electron chi connectivity index (χ3n) is 3.27. The topological polar surface area (TPSA) is 75.4 Å². The summed E-state index contributed by atoms with van der Waals surface area (Å²) in [6.45, 7) is 4.98. The second-order valence-corrected chi connectivity index (χ2v) is 4.58. The molecule has 0 aliphatic carbocycles. The maximum absolute atomic E-state index is 11.7. The first-order valence-electron chi connectivity index (χ1n) is 6.78. The van der Waals surface area contributed by atoms with Crippen LogP contribution in [0.3, 0.4) is 0 Å². The molecule has 4 nitrogen and oxygen atoms in total. The largest absolute Gasteiger partial charge is 0.396 e. The van der Waals surface area contributed by atoms with Crippen LogP contribution in [0, 0.1) is 5.92 Å². The standard InChI is InChI=1S/C13H28N2O2/c1-3-11(7-9-14)5-6-13(17)15-12(4-2)8-10-16/h11-12,16H,3-10,14H2,1-2H3,(H,15,17). The number of amides is 1. The van der Waals surface area contributed by atoms with Gasteiger partial charge in [0.15, 0.2) is 0 Å². The maximum atomic E-state index is 11.7. The summed E-state index contributed by atoms with van der Waals surface area (Å²) < 4.78 is 0. The van der Waals surface area contributed by atoms with Crippen LogP contribution in [0.5, 0.6) is 0 Å². The van der Waals surface area contributed by atoms with Crippen molar-refractivity contribution >= 4 is 5.91 Å². The zero-order valence-electron chi connectivity index (χ0n) is 11.2. The lowest BCUT2D eigenvalue weighted by atomic mass is 9.96. The monoisotopic (exact) mass is 244 g/mol. The summed E-state index contributed by atoms with van der Waals surface area (Å²) in [6.07, 6.45) is 5.07. The maximum Gasteiger partial charge on any atom is 0.220 e. The first kappa shape index (κ1) is 16.4. The highest BCUT2D eigenvalue weighted by molar-refractivity contribution is 5.76. The minimum atomic E-state index is 0.0979. The van der Waals surface area contributed by atoms with Crippen LogP contribution in [0.15, 0.2) is 0 Å². The second kappa shape index (κ2) is 10.5. The summed E-state index contributed by atoms with van der Waals surface area (Å²) in [5, 5.41) is 11.8. The Balaban J connectivity index is 3.83. The Kier molecular flexibility index (Phi) is 10.2. The Labute approximate surface area is 105 Å². The Bertz CT molecular complexity index is 198. The number of hydrogen-bond donors (Lipinski definition) is 3. The van der Waals surface area contributed by atoms with E-state index in [9.17, 15) is 4.79 Å². The van der Waals surface area contributed by atoms with Crippen molar-refractivity contribution in [2.75, 3.05) is 13.2 Å². The van der Waals surface area contributed by atoms with Crippen molar-refractivity contribution in [1.82, 2.24) is 5.32 Å². The molecular weight excluding hydrogens is 216 g/mol. The van der Waals surface area contributed by atoms with Gasteiger partial charge in [-0.15, -0.1) is 0 Å². The SMILES string of the molecule is CCC(CCN)CCC(=O)NC(CC)CCO. The number of nitrogens with one attached hydrogen (secondary N) is 1. The molecule has 0 heterocycles. The molecule has 0 rings (SSSR count). The second-order valence-electron chi connectivity index (χ2n) is 4.58. The van der Waals surface area contributed by atoms with Crippen molar-refractivity contribution in [3.63, 3.8) is 0 Å². The van der Waals surface area contributed by atoms with Gasteiger partial charge in [0.25, 0.3) is 0 Å². The number of carbonyl (C=O) groups excluding carboxylic acids is 1. The summed E-state index contributed by atoms with van der Waals surface area (Å²) >= 11 is 0. The first-order valence-corrected chi connectivity index (χ1v) is 6.78. The molecule has 2 unspecified atom stereocenters. The molecule has 0 aliphatic rings. The average molecular weight is 244 g/mol. The normalized spacial score (nSPS) is 14.4. The van der Waals surface area contributed by atoms with Crippen LogP contribution in [-0.4, -0.2) is 30.2 Å². The van der Waals surface area contributed by atoms with Gasteiger partial charge in [0.2, 0.25) is 5.91 Å². The van der Waals surface area contributed by atoms with Gasteiger partial charge in [-0.1, -0.05) is 20.3 Å². The predicted molar refractivity (Wildman–Crippen MR) is 70.6 cm³/mol. The molecule has 0 saturated heterocycles. The van der Waals surface area contributed by atoms with Crippen molar-refractivity contribution in [1.29, 1.82) is 0 Å². The van der Waals surface area contributed by atoms with Crippen LogP contribution >= 0.6 is 0 Å². The fourth-order valence-corrected chi connectivity index (χ4v) is 1.96. The van der Waals surface area contributed by atoms with E-state index in [1.54, 1.807) is 0 Å². The minimum Gasteiger partial charge on any atom is -0.396 e. The molecule has 0 spiro atoms. The van der Waals surface area contributed by atoms with Gasteiger partial charge in [-0.05, 0) is 38.1 Å². The van der Waals surface area contributed by atoms with E-state index < -0.39 is 0 Å². The van der Waals surface area contributed by atoms with E-state index in [1.165, 1.54) is 0 Å². The van der Waals surface area contributed by atoms with E-state index in [4.69, 9.17) is 10.8 Å². The van der Waals surface area contributed by atoms with Crippen molar-refractivity contribution in [3.8, 4) is 0 Å².